The lowest BCUT2D eigenvalue weighted by atomic mass is 9.95. The van der Waals surface area contributed by atoms with Crippen LogP contribution in [0.5, 0.6) is 11.5 Å². The minimum absolute atomic E-state index is 0.789. The van der Waals surface area contributed by atoms with E-state index in [0.29, 0.717) is 0 Å². The number of rotatable bonds is 5. The number of fused-ring (bicyclic) bond motifs is 3. The fraction of sp³-hybridized carbons (Fsp3) is 0.263. The van der Waals surface area contributed by atoms with Crippen LogP contribution in [0.15, 0.2) is 42.5 Å². The maximum absolute atomic E-state index is 5.68. The predicted octanol–water partition coefficient (Wildman–Crippen LogP) is 3.77. The first-order valence-corrected chi connectivity index (χ1v) is 7.50. The van der Waals surface area contributed by atoms with Gasteiger partial charge in [-0.05, 0) is 47.8 Å². The molecule has 0 aliphatic heterocycles. The molecule has 0 unspecified atom stereocenters. The first kappa shape index (κ1) is 14.7. The number of likely N-dealkylation sites (N-methyl/N-ethyl adjacent to an activating group) is 1. The van der Waals surface area contributed by atoms with Gasteiger partial charge < -0.3 is 14.8 Å². The van der Waals surface area contributed by atoms with Crippen molar-refractivity contribution in [3.63, 3.8) is 0 Å². The zero-order chi connectivity index (χ0) is 15.5. The van der Waals surface area contributed by atoms with Crippen LogP contribution in [0.3, 0.4) is 0 Å². The molecule has 3 nitrogen and oxygen atoms in total. The van der Waals surface area contributed by atoms with Crippen LogP contribution in [-0.4, -0.2) is 27.8 Å². The maximum Gasteiger partial charge on any atom is 0.169 e. The van der Waals surface area contributed by atoms with Gasteiger partial charge in [0, 0.05) is 5.39 Å². The van der Waals surface area contributed by atoms with Crippen LogP contribution in [0.4, 0.5) is 0 Å². The summed E-state index contributed by atoms with van der Waals surface area (Å²) < 4.78 is 11.2. The molecule has 0 saturated carbocycles. The normalized spacial score (nSPS) is 11.0. The summed E-state index contributed by atoms with van der Waals surface area (Å²) >= 11 is 0. The summed E-state index contributed by atoms with van der Waals surface area (Å²) in [6, 6.07) is 14.8. The lowest BCUT2D eigenvalue weighted by molar-refractivity contribution is 0.358. The Balaban J connectivity index is 2.41. The molecule has 3 aromatic rings. The summed E-state index contributed by atoms with van der Waals surface area (Å²) in [6.07, 6.45) is 0.950. The zero-order valence-corrected chi connectivity index (χ0v) is 13.3. The minimum atomic E-state index is 0.789. The van der Waals surface area contributed by atoms with Gasteiger partial charge in [0.25, 0.3) is 0 Å². The predicted molar refractivity (Wildman–Crippen MR) is 92.2 cm³/mol. The molecule has 0 heterocycles. The van der Waals surface area contributed by atoms with Crippen LogP contribution >= 0.6 is 0 Å². The molecule has 114 valence electrons. The summed E-state index contributed by atoms with van der Waals surface area (Å²) in [5.74, 6) is 1.60. The maximum atomic E-state index is 5.68. The molecular weight excluding hydrogens is 274 g/mol. The molecule has 0 aliphatic carbocycles. The third-order valence-electron chi connectivity index (χ3n) is 4.10. The fourth-order valence-electron chi connectivity index (χ4n) is 3.03. The van der Waals surface area contributed by atoms with Crippen molar-refractivity contribution in [2.24, 2.45) is 0 Å². The molecule has 0 saturated heterocycles. The molecule has 1 N–H and O–H groups in total. The second-order valence-electron chi connectivity index (χ2n) is 5.33. The van der Waals surface area contributed by atoms with Gasteiger partial charge in [0.1, 0.15) is 0 Å². The quantitative estimate of drug-likeness (QED) is 0.727. The van der Waals surface area contributed by atoms with Gasteiger partial charge in [0.05, 0.1) is 14.2 Å². The van der Waals surface area contributed by atoms with Gasteiger partial charge in [-0.1, -0.05) is 36.4 Å². The van der Waals surface area contributed by atoms with E-state index >= 15 is 0 Å². The van der Waals surface area contributed by atoms with E-state index in [4.69, 9.17) is 9.47 Å². The van der Waals surface area contributed by atoms with Crippen LogP contribution in [0.1, 0.15) is 5.56 Å². The van der Waals surface area contributed by atoms with Crippen molar-refractivity contribution in [3.8, 4) is 11.5 Å². The zero-order valence-electron chi connectivity index (χ0n) is 13.3. The lowest BCUT2D eigenvalue weighted by Gasteiger charge is -2.16. The highest BCUT2D eigenvalue weighted by Crippen LogP contribution is 2.41. The number of ether oxygens (including phenoxy) is 2. The topological polar surface area (TPSA) is 30.5 Å². The molecule has 0 aromatic heterocycles. The van der Waals surface area contributed by atoms with E-state index in [2.05, 4.69) is 47.8 Å². The van der Waals surface area contributed by atoms with Crippen molar-refractivity contribution in [2.45, 2.75) is 6.42 Å². The third kappa shape index (κ3) is 2.38. The van der Waals surface area contributed by atoms with Crippen molar-refractivity contribution in [3.05, 3.63) is 48.0 Å². The van der Waals surface area contributed by atoms with Crippen LogP contribution < -0.4 is 14.8 Å². The van der Waals surface area contributed by atoms with Crippen molar-refractivity contribution in [1.29, 1.82) is 0 Å². The Bertz CT molecular complexity index is 811. The summed E-state index contributed by atoms with van der Waals surface area (Å²) in [6.45, 7) is 0.928. The van der Waals surface area contributed by atoms with Gasteiger partial charge in [-0.3, -0.25) is 0 Å². The van der Waals surface area contributed by atoms with E-state index < -0.39 is 0 Å². The molecule has 3 rings (SSSR count). The van der Waals surface area contributed by atoms with Crippen LogP contribution in [0, 0.1) is 0 Å². The Hall–Kier alpha value is -2.26. The first-order chi connectivity index (χ1) is 10.8. The second-order valence-corrected chi connectivity index (χ2v) is 5.33. The Morgan fingerprint density at radius 2 is 1.77 bits per heavy atom. The summed E-state index contributed by atoms with van der Waals surface area (Å²) in [4.78, 5) is 0. The van der Waals surface area contributed by atoms with E-state index in [1.54, 1.807) is 14.2 Å². The highest BCUT2D eigenvalue weighted by molar-refractivity contribution is 6.12. The summed E-state index contributed by atoms with van der Waals surface area (Å²) in [5.41, 5.74) is 1.27. The van der Waals surface area contributed by atoms with Crippen LogP contribution in [0.25, 0.3) is 21.5 Å². The molecule has 0 atom stereocenters. The second kappa shape index (κ2) is 6.24. The molecule has 0 bridgehead atoms. The molecule has 0 fully saturated rings. The largest absolute Gasteiger partial charge is 0.493 e. The Morgan fingerprint density at radius 1 is 0.955 bits per heavy atom. The van der Waals surface area contributed by atoms with E-state index in [1.165, 1.54) is 21.7 Å². The molecule has 0 radical (unpaired) electrons. The molecule has 3 heteroatoms. The van der Waals surface area contributed by atoms with Gasteiger partial charge in [0.15, 0.2) is 11.5 Å². The Kier molecular flexibility index (Phi) is 4.16. The van der Waals surface area contributed by atoms with Gasteiger partial charge in [-0.25, -0.2) is 0 Å². The standard InChI is InChI=1S/C19H21NO2/c1-20-11-10-14-12-17(21-2)19(22-3)18-15-7-5-4-6-13(15)8-9-16(14)18/h4-9,12,20H,10-11H2,1-3H3. The van der Waals surface area contributed by atoms with Gasteiger partial charge in [-0.2, -0.15) is 0 Å². The van der Waals surface area contributed by atoms with Gasteiger partial charge >= 0.3 is 0 Å². The van der Waals surface area contributed by atoms with Crippen molar-refractivity contribution in [2.75, 3.05) is 27.8 Å². The molecule has 0 aliphatic rings. The molecule has 0 amide bonds. The van der Waals surface area contributed by atoms with Crippen molar-refractivity contribution in [1.82, 2.24) is 5.32 Å². The highest BCUT2D eigenvalue weighted by Gasteiger charge is 2.15. The molecule has 0 spiro atoms. The number of methoxy groups -OCH3 is 2. The summed E-state index contributed by atoms with van der Waals surface area (Å²) in [7, 11) is 5.36. The van der Waals surface area contributed by atoms with Crippen LogP contribution in [0.2, 0.25) is 0 Å². The van der Waals surface area contributed by atoms with Crippen molar-refractivity contribution >= 4 is 21.5 Å². The third-order valence-corrected chi connectivity index (χ3v) is 4.10. The monoisotopic (exact) mass is 295 g/mol. The number of benzene rings is 3. The molecular formula is C19H21NO2. The molecule has 22 heavy (non-hydrogen) atoms. The van der Waals surface area contributed by atoms with Gasteiger partial charge in [-0.15, -0.1) is 0 Å². The lowest BCUT2D eigenvalue weighted by Crippen LogP contribution is -2.10. The minimum Gasteiger partial charge on any atom is -0.493 e. The number of hydrogen-bond acceptors (Lipinski definition) is 3. The SMILES string of the molecule is CNCCc1cc(OC)c(OC)c2c1ccc1ccccc12. The highest BCUT2D eigenvalue weighted by atomic mass is 16.5. The van der Waals surface area contributed by atoms with E-state index in [1.807, 2.05) is 7.05 Å². The summed E-state index contributed by atoms with van der Waals surface area (Å²) in [5, 5.41) is 7.98. The van der Waals surface area contributed by atoms with E-state index in [-0.39, 0.29) is 0 Å². The number of nitrogens with one attached hydrogen (secondary N) is 1. The van der Waals surface area contributed by atoms with Crippen LogP contribution in [-0.2, 0) is 6.42 Å². The fourth-order valence-corrected chi connectivity index (χ4v) is 3.03. The van der Waals surface area contributed by atoms with Crippen molar-refractivity contribution < 1.29 is 9.47 Å². The smallest absolute Gasteiger partial charge is 0.169 e. The Morgan fingerprint density at radius 3 is 2.50 bits per heavy atom. The number of hydrogen-bond donors (Lipinski definition) is 1. The Labute approximate surface area is 130 Å². The van der Waals surface area contributed by atoms with E-state index in [0.717, 1.165) is 29.9 Å². The molecule has 3 aromatic carbocycles. The first-order valence-electron chi connectivity index (χ1n) is 7.50. The van der Waals surface area contributed by atoms with Gasteiger partial charge in [0.2, 0.25) is 0 Å². The van der Waals surface area contributed by atoms with E-state index in [9.17, 15) is 0 Å². The average molecular weight is 295 g/mol. The average Bonchev–Trinajstić information content (AvgIpc) is 2.58.